The van der Waals surface area contributed by atoms with E-state index in [1.54, 1.807) is 4.68 Å². The van der Waals surface area contributed by atoms with E-state index < -0.39 is 11.6 Å². The number of benzene rings is 1. The Kier molecular flexibility index (Phi) is 2.28. The number of fused-ring (bicyclic) bond motifs is 1. The summed E-state index contributed by atoms with van der Waals surface area (Å²) in [5, 5.41) is 7.15. The zero-order valence-electron chi connectivity index (χ0n) is 8.90. The number of halogens is 2. The number of anilines is 1. The van der Waals surface area contributed by atoms with Crippen LogP contribution in [0.4, 0.5) is 14.7 Å². The van der Waals surface area contributed by atoms with Gasteiger partial charge >= 0.3 is 0 Å². The van der Waals surface area contributed by atoms with Gasteiger partial charge in [0.15, 0.2) is 0 Å². The summed E-state index contributed by atoms with van der Waals surface area (Å²) in [6, 6.07) is 3.38. The molecule has 0 amide bonds. The lowest BCUT2D eigenvalue weighted by molar-refractivity contribution is 0.472. The topological polar surface area (TPSA) is 42.7 Å². The van der Waals surface area contributed by atoms with E-state index in [1.165, 1.54) is 18.5 Å². The maximum Gasteiger partial charge on any atom is 0.221 e. The molecule has 0 fully saturated rings. The summed E-state index contributed by atoms with van der Waals surface area (Å²) in [5.74, 6) is -0.508. The van der Waals surface area contributed by atoms with Gasteiger partial charge in [-0.3, -0.25) is 0 Å². The van der Waals surface area contributed by atoms with E-state index in [1.807, 2.05) is 0 Å². The molecular formula is C11H10F2N4. The second kappa shape index (κ2) is 3.80. The van der Waals surface area contributed by atoms with Gasteiger partial charge in [0.2, 0.25) is 5.95 Å². The van der Waals surface area contributed by atoms with Crippen molar-refractivity contribution in [1.82, 2.24) is 14.8 Å². The zero-order valence-corrected chi connectivity index (χ0v) is 8.90. The summed E-state index contributed by atoms with van der Waals surface area (Å²) < 4.78 is 28.0. The van der Waals surface area contributed by atoms with E-state index in [2.05, 4.69) is 15.4 Å². The van der Waals surface area contributed by atoms with E-state index in [4.69, 9.17) is 0 Å². The van der Waals surface area contributed by atoms with Crippen LogP contribution in [0.25, 0.3) is 0 Å². The predicted octanol–water partition coefficient (Wildman–Crippen LogP) is 1.96. The van der Waals surface area contributed by atoms with Crippen molar-refractivity contribution in [2.75, 3.05) is 11.9 Å². The van der Waals surface area contributed by atoms with Gasteiger partial charge in [-0.1, -0.05) is 0 Å². The Morgan fingerprint density at radius 1 is 1.24 bits per heavy atom. The van der Waals surface area contributed by atoms with E-state index in [0.29, 0.717) is 18.1 Å². The van der Waals surface area contributed by atoms with Gasteiger partial charge in [-0.15, -0.1) is 0 Å². The highest BCUT2D eigenvalue weighted by atomic mass is 19.1. The van der Waals surface area contributed by atoms with E-state index in [0.717, 1.165) is 12.5 Å². The van der Waals surface area contributed by atoms with E-state index in [9.17, 15) is 8.78 Å². The molecule has 4 nitrogen and oxygen atoms in total. The number of nitrogens with zero attached hydrogens (tertiary/aromatic N) is 3. The van der Waals surface area contributed by atoms with Gasteiger partial charge in [-0.2, -0.15) is 10.1 Å². The lowest BCUT2D eigenvalue weighted by atomic mass is 10.0. The van der Waals surface area contributed by atoms with Crippen molar-refractivity contribution >= 4 is 5.95 Å². The van der Waals surface area contributed by atoms with Crippen molar-refractivity contribution in [3.8, 4) is 0 Å². The van der Waals surface area contributed by atoms with Gasteiger partial charge in [0.25, 0.3) is 0 Å². The summed E-state index contributed by atoms with van der Waals surface area (Å²) in [5.41, 5.74) is 0.579. The SMILES string of the molecule is Fc1cc(F)cc(C2CCNc3ncnn32)c1. The molecule has 1 unspecified atom stereocenters. The Morgan fingerprint density at radius 2 is 2.00 bits per heavy atom. The molecule has 0 saturated heterocycles. The molecular weight excluding hydrogens is 226 g/mol. The first-order valence-corrected chi connectivity index (χ1v) is 5.33. The standard InChI is InChI=1S/C11H10F2N4/c12-8-3-7(4-9(13)5-8)10-1-2-14-11-15-6-16-17(10)11/h3-6,10H,1-2H2,(H,14,15,16). The number of nitrogens with one attached hydrogen (secondary N) is 1. The molecule has 0 radical (unpaired) electrons. The minimum atomic E-state index is -0.569. The second-order valence-corrected chi connectivity index (χ2v) is 3.96. The average molecular weight is 236 g/mol. The molecule has 0 saturated carbocycles. The highest BCUT2D eigenvalue weighted by molar-refractivity contribution is 5.32. The molecule has 6 heteroatoms. The summed E-state index contributed by atoms with van der Waals surface area (Å²) in [7, 11) is 0. The Morgan fingerprint density at radius 3 is 2.76 bits per heavy atom. The molecule has 88 valence electrons. The normalized spacial score (nSPS) is 18.6. The summed E-state index contributed by atoms with van der Waals surface area (Å²) >= 11 is 0. The zero-order chi connectivity index (χ0) is 11.8. The monoisotopic (exact) mass is 236 g/mol. The van der Waals surface area contributed by atoms with Gasteiger partial charge in [0.05, 0.1) is 6.04 Å². The fourth-order valence-electron chi connectivity index (χ4n) is 2.12. The van der Waals surface area contributed by atoms with Crippen molar-refractivity contribution < 1.29 is 8.78 Å². The molecule has 3 rings (SSSR count). The van der Waals surface area contributed by atoms with Crippen LogP contribution in [0, 0.1) is 11.6 Å². The Balaban J connectivity index is 2.06. The van der Waals surface area contributed by atoms with Crippen LogP contribution in [-0.2, 0) is 0 Å². The Bertz CT molecular complexity index is 532. The number of hydrogen-bond acceptors (Lipinski definition) is 3. The molecule has 1 aliphatic rings. The molecule has 1 aromatic carbocycles. The van der Waals surface area contributed by atoms with Crippen LogP contribution in [-0.4, -0.2) is 21.3 Å². The van der Waals surface area contributed by atoms with Gasteiger partial charge in [0, 0.05) is 12.6 Å². The largest absolute Gasteiger partial charge is 0.354 e. The molecule has 0 bridgehead atoms. The van der Waals surface area contributed by atoms with Gasteiger partial charge < -0.3 is 5.32 Å². The van der Waals surface area contributed by atoms with Gasteiger partial charge in [-0.05, 0) is 24.1 Å². The first-order chi connectivity index (χ1) is 8.24. The van der Waals surface area contributed by atoms with Crippen LogP contribution >= 0.6 is 0 Å². The van der Waals surface area contributed by atoms with Crippen molar-refractivity contribution in [1.29, 1.82) is 0 Å². The molecule has 2 heterocycles. The minimum absolute atomic E-state index is 0.168. The fourth-order valence-corrected chi connectivity index (χ4v) is 2.12. The van der Waals surface area contributed by atoms with Gasteiger partial charge in [0.1, 0.15) is 18.0 Å². The Hall–Kier alpha value is -1.98. The lowest BCUT2D eigenvalue weighted by Gasteiger charge is -2.24. The van der Waals surface area contributed by atoms with E-state index >= 15 is 0 Å². The number of aromatic nitrogens is 3. The highest BCUT2D eigenvalue weighted by Gasteiger charge is 2.23. The van der Waals surface area contributed by atoms with Crippen molar-refractivity contribution in [3.63, 3.8) is 0 Å². The van der Waals surface area contributed by atoms with Crippen LogP contribution < -0.4 is 5.32 Å². The summed E-state index contributed by atoms with van der Waals surface area (Å²) in [4.78, 5) is 4.03. The second-order valence-electron chi connectivity index (χ2n) is 3.96. The van der Waals surface area contributed by atoms with Crippen molar-refractivity contribution in [3.05, 3.63) is 41.7 Å². The lowest BCUT2D eigenvalue weighted by Crippen LogP contribution is -2.24. The van der Waals surface area contributed by atoms with Crippen LogP contribution in [0.5, 0.6) is 0 Å². The molecule has 17 heavy (non-hydrogen) atoms. The quantitative estimate of drug-likeness (QED) is 0.823. The van der Waals surface area contributed by atoms with Crippen molar-refractivity contribution in [2.24, 2.45) is 0 Å². The smallest absolute Gasteiger partial charge is 0.221 e. The third-order valence-corrected chi connectivity index (χ3v) is 2.84. The molecule has 1 atom stereocenters. The van der Waals surface area contributed by atoms with Crippen LogP contribution in [0.15, 0.2) is 24.5 Å². The first-order valence-electron chi connectivity index (χ1n) is 5.33. The fraction of sp³-hybridized carbons (Fsp3) is 0.273. The number of rotatable bonds is 1. The predicted molar refractivity (Wildman–Crippen MR) is 57.6 cm³/mol. The Labute approximate surface area is 96.3 Å². The molecule has 1 N–H and O–H groups in total. The van der Waals surface area contributed by atoms with Crippen LogP contribution in [0.3, 0.4) is 0 Å². The summed E-state index contributed by atoms with van der Waals surface area (Å²) in [6.45, 7) is 0.710. The average Bonchev–Trinajstić information content (AvgIpc) is 2.75. The third-order valence-electron chi connectivity index (χ3n) is 2.84. The van der Waals surface area contributed by atoms with Gasteiger partial charge in [-0.25, -0.2) is 13.5 Å². The highest BCUT2D eigenvalue weighted by Crippen LogP contribution is 2.28. The molecule has 2 aromatic rings. The third kappa shape index (κ3) is 1.75. The molecule has 0 spiro atoms. The number of hydrogen-bond donors (Lipinski definition) is 1. The molecule has 1 aromatic heterocycles. The van der Waals surface area contributed by atoms with E-state index in [-0.39, 0.29) is 6.04 Å². The maximum atomic E-state index is 13.2. The van der Waals surface area contributed by atoms with Crippen LogP contribution in [0.1, 0.15) is 18.0 Å². The first kappa shape index (κ1) is 10.2. The molecule has 1 aliphatic heterocycles. The van der Waals surface area contributed by atoms with Crippen LogP contribution in [0.2, 0.25) is 0 Å². The van der Waals surface area contributed by atoms with Crippen molar-refractivity contribution in [2.45, 2.75) is 12.5 Å². The summed E-state index contributed by atoms with van der Waals surface area (Å²) in [6.07, 6.45) is 2.15. The molecule has 0 aliphatic carbocycles. The minimum Gasteiger partial charge on any atom is -0.354 e. The maximum absolute atomic E-state index is 13.2.